The highest BCUT2D eigenvalue weighted by atomic mass is 32.2. The van der Waals surface area contributed by atoms with Gasteiger partial charge in [0.1, 0.15) is 11.5 Å². The number of methoxy groups -OCH3 is 1. The fraction of sp³-hybridized carbons (Fsp3) is 0.300. The summed E-state index contributed by atoms with van der Waals surface area (Å²) in [5, 5.41) is 13.6. The lowest BCUT2D eigenvalue weighted by molar-refractivity contribution is 0.373. The molecular weight excluding hydrogens is 390 g/mol. The van der Waals surface area contributed by atoms with Crippen LogP contribution >= 0.6 is 11.8 Å². The molecule has 8 nitrogen and oxygen atoms in total. The Labute approximate surface area is 172 Å². The second kappa shape index (κ2) is 8.95. The van der Waals surface area contributed by atoms with E-state index in [1.165, 1.54) is 11.8 Å². The quantitative estimate of drug-likeness (QED) is 0.378. The number of hydrogen-bond acceptors (Lipinski definition) is 8. The van der Waals surface area contributed by atoms with E-state index in [9.17, 15) is 0 Å². The Balaban J connectivity index is 1.61. The smallest absolute Gasteiger partial charge is 0.226 e. The highest BCUT2D eigenvalue weighted by molar-refractivity contribution is 7.98. The fourth-order valence-corrected chi connectivity index (χ4v) is 3.65. The Bertz CT molecular complexity index is 1060. The van der Waals surface area contributed by atoms with E-state index in [-0.39, 0.29) is 0 Å². The van der Waals surface area contributed by atoms with Crippen molar-refractivity contribution in [2.24, 2.45) is 0 Å². The van der Waals surface area contributed by atoms with Gasteiger partial charge in [0.05, 0.1) is 25.7 Å². The largest absolute Gasteiger partial charge is 0.497 e. The number of thioether (sulfide) groups is 1. The second-order valence-electron chi connectivity index (χ2n) is 6.35. The molecule has 0 saturated carbocycles. The van der Waals surface area contributed by atoms with E-state index in [4.69, 9.17) is 13.7 Å². The minimum atomic E-state index is 0.516. The lowest BCUT2D eigenvalue weighted by Gasteiger charge is -2.09. The summed E-state index contributed by atoms with van der Waals surface area (Å²) in [6.07, 6.45) is 3.41. The van der Waals surface area contributed by atoms with Crippen molar-refractivity contribution < 1.29 is 13.7 Å². The summed E-state index contributed by atoms with van der Waals surface area (Å²) in [5.74, 6) is 4.18. The van der Waals surface area contributed by atoms with Crippen LogP contribution in [0.2, 0.25) is 0 Å². The lowest BCUT2D eigenvalue weighted by Crippen LogP contribution is -2.04. The van der Waals surface area contributed by atoms with Crippen LogP contribution in [0.15, 0.2) is 56.8 Å². The summed E-state index contributed by atoms with van der Waals surface area (Å²) < 4.78 is 18.2. The Hall–Kier alpha value is -3.07. The second-order valence-corrected chi connectivity index (χ2v) is 7.29. The van der Waals surface area contributed by atoms with Gasteiger partial charge in [0.25, 0.3) is 0 Å². The minimum absolute atomic E-state index is 0.516. The first kappa shape index (κ1) is 19.3. The number of hydrogen-bond donors (Lipinski definition) is 0. The van der Waals surface area contributed by atoms with E-state index in [1.54, 1.807) is 13.4 Å². The molecule has 0 saturated heterocycles. The maximum atomic E-state index is 5.54. The third kappa shape index (κ3) is 4.51. The molecule has 9 heteroatoms. The molecule has 0 bridgehead atoms. The first-order chi connectivity index (χ1) is 14.3. The van der Waals surface area contributed by atoms with E-state index < -0.39 is 0 Å². The summed E-state index contributed by atoms with van der Waals surface area (Å²) in [7, 11) is 1.64. The van der Waals surface area contributed by atoms with Crippen LogP contribution in [0.25, 0.3) is 11.4 Å². The first-order valence-electron chi connectivity index (χ1n) is 9.31. The summed E-state index contributed by atoms with van der Waals surface area (Å²) in [5.41, 5.74) is 0.917. The first-order valence-corrected chi connectivity index (χ1v) is 10.3. The van der Waals surface area contributed by atoms with Gasteiger partial charge < -0.3 is 13.7 Å². The number of nitrogens with zero attached hydrogens (tertiary/aromatic N) is 5. The monoisotopic (exact) mass is 411 g/mol. The van der Waals surface area contributed by atoms with Gasteiger partial charge in [0.15, 0.2) is 16.8 Å². The average Bonchev–Trinajstić information content (AvgIpc) is 3.49. The normalized spacial score (nSPS) is 11.1. The molecule has 0 spiro atoms. The topological polar surface area (TPSA) is 92.0 Å². The summed E-state index contributed by atoms with van der Waals surface area (Å²) in [4.78, 5) is 4.42. The molecule has 3 aromatic heterocycles. The molecule has 0 aliphatic heterocycles. The third-order valence-electron chi connectivity index (χ3n) is 4.24. The van der Waals surface area contributed by atoms with Crippen molar-refractivity contribution in [2.75, 3.05) is 7.11 Å². The number of aromatic nitrogens is 5. The van der Waals surface area contributed by atoms with Crippen molar-refractivity contribution in [1.82, 2.24) is 24.9 Å². The van der Waals surface area contributed by atoms with Crippen LogP contribution in [0.5, 0.6) is 5.75 Å². The van der Waals surface area contributed by atoms with Gasteiger partial charge >= 0.3 is 0 Å². The van der Waals surface area contributed by atoms with Gasteiger partial charge in [0, 0.05) is 12.0 Å². The Kier molecular flexibility index (Phi) is 5.95. The van der Waals surface area contributed by atoms with E-state index in [1.807, 2.05) is 41.0 Å². The van der Waals surface area contributed by atoms with Crippen molar-refractivity contribution in [1.29, 1.82) is 0 Å². The molecule has 29 heavy (non-hydrogen) atoms. The zero-order chi connectivity index (χ0) is 20.1. The van der Waals surface area contributed by atoms with E-state index in [0.29, 0.717) is 24.0 Å². The molecule has 3 heterocycles. The molecule has 0 unspecified atom stereocenters. The number of benzene rings is 1. The predicted octanol–water partition coefficient (Wildman–Crippen LogP) is 4.22. The van der Waals surface area contributed by atoms with Crippen LogP contribution in [-0.4, -0.2) is 32.0 Å². The highest BCUT2D eigenvalue weighted by Gasteiger charge is 2.17. The molecular formula is C20H21N5O3S. The van der Waals surface area contributed by atoms with Gasteiger partial charge in [-0.05, 0) is 30.7 Å². The van der Waals surface area contributed by atoms with E-state index in [2.05, 4.69) is 27.3 Å². The highest BCUT2D eigenvalue weighted by Crippen LogP contribution is 2.28. The number of aryl methyl sites for hydroxylation is 1. The van der Waals surface area contributed by atoms with Crippen LogP contribution < -0.4 is 4.74 Å². The number of ether oxygens (including phenoxy) is 1. The molecule has 0 amide bonds. The molecule has 0 radical (unpaired) electrons. The average molecular weight is 411 g/mol. The maximum absolute atomic E-state index is 5.54. The van der Waals surface area contributed by atoms with Crippen LogP contribution in [0.1, 0.15) is 30.8 Å². The Morgan fingerprint density at radius 3 is 2.90 bits per heavy atom. The van der Waals surface area contributed by atoms with Crippen LogP contribution in [0.3, 0.4) is 0 Å². The lowest BCUT2D eigenvalue weighted by atomic mass is 10.2. The van der Waals surface area contributed by atoms with Crippen molar-refractivity contribution in [3.63, 3.8) is 0 Å². The molecule has 1 aromatic carbocycles. The van der Waals surface area contributed by atoms with Crippen LogP contribution in [0, 0.1) is 0 Å². The Morgan fingerprint density at radius 2 is 2.10 bits per heavy atom. The summed E-state index contributed by atoms with van der Waals surface area (Å²) in [6, 6.07) is 11.5. The zero-order valence-corrected chi connectivity index (χ0v) is 17.1. The van der Waals surface area contributed by atoms with Crippen molar-refractivity contribution in [3.05, 3.63) is 60.1 Å². The molecule has 4 rings (SSSR count). The van der Waals surface area contributed by atoms with Gasteiger partial charge in [-0.15, -0.1) is 10.2 Å². The molecule has 0 aliphatic carbocycles. The number of furan rings is 1. The summed E-state index contributed by atoms with van der Waals surface area (Å²) >= 11 is 1.51. The minimum Gasteiger partial charge on any atom is -0.497 e. The third-order valence-corrected chi connectivity index (χ3v) is 5.21. The number of rotatable bonds is 9. The van der Waals surface area contributed by atoms with Crippen molar-refractivity contribution >= 4 is 11.8 Å². The fourth-order valence-electron chi connectivity index (χ4n) is 2.87. The molecule has 0 N–H and O–H groups in total. The van der Waals surface area contributed by atoms with Crippen LogP contribution in [0.4, 0.5) is 0 Å². The molecule has 0 aliphatic rings. The van der Waals surface area contributed by atoms with Gasteiger partial charge in [0.2, 0.25) is 5.89 Å². The maximum Gasteiger partial charge on any atom is 0.226 e. The standard InChI is InChI=1S/C20H21N5O3S/c1-3-6-18-21-17(24-28-18)13-29-20-23-22-19(14-7-4-8-15(11-14)26-2)25(20)12-16-9-5-10-27-16/h4-5,7-11H,3,6,12-13H2,1-2H3. The van der Waals surface area contributed by atoms with Crippen LogP contribution in [-0.2, 0) is 18.7 Å². The van der Waals surface area contributed by atoms with Gasteiger partial charge in [-0.2, -0.15) is 4.98 Å². The molecule has 0 atom stereocenters. The van der Waals surface area contributed by atoms with E-state index in [0.717, 1.165) is 40.9 Å². The predicted molar refractivity (Wildman–Crippen MR) is 108 cm³/mol. The van der Waals surface area contributed by atoms with E-state index >= 15 is 0 Å². The SMILES string of the molecule is CCCc1nc(CSc2nnc(-c3cccc(OC)c3)n2Cc2ccco2)no1. The van der Waals surface area contributed by atoms with Crippen molar-refractivity contribution in [3.8, 4) is 17.1 Å². The summed E-state index contributed by atoms with van der Waals surface area (Å²) in [6.45, 7) is 2.60. The van der Waals surface area contributed by atoms with Gasteiger partial charge in [-0.3, -0.25) is 4.57 Å². The zero-order valence-electron chi connectivity index (χ0n) is 16.2. The molecule has 150 valence electrons. The van der Waals surface area contributed by atoms with Crippen molar-refractivity contribution in [2.45, 2.75) is 37.2 Å². The van der Waals surface area contributed by atoms with Gasteiger partial charge in [-0.1, -0.05) is 36.0 Å². The molecule has 0 fully saturated rings. The Morgan fingerprint density at radius 1 is 1.17 bits per heavy atom. The molecule has 4 aromatic rings. The van der Waals surface area contributed by atoms with Gasteiger partial charge in [-0.25, -0.2) is 0 Å².